The minimum atomic E-state index is -3.89. The highest BCUT2D eigenvalue weighted by Crippen LogP contribution is 2.26. The number of nitro groups is 1. The van der Waals surface area contributed by atoms with Crippen LogP contribution in [0.15, 0.2) is 66.7 Å². The number of nitrogens with one attached hydrogen (secondary N) is 1. The second-order valence-corrected chi connectivity index (χ2v) is 9.27. The molecule has 1 N–H and O–H groups in total. The van der Waals surface area contributed by atoms with Gasteiger partial charge in [0.1, 0.15) is 18.4 Å². The molecule has 174 valence electrons. The number of anilines is 1. The molecule has 1 amide bonds. The van der Waals surface area contributed by atoms with Crippen LogP contribution in [0.5, 0.6) is 5.75 Å². The van der Waals surface area contributed by atoms with E-state index in [4.69, 9.17) is 4.74 Å². The number of nitrogens with zero attached hydrogens (tertiary/aromatic N) is 2. The second-order valence-electron chi connectivity index (χ2n) is 7.41. The fourth-order valence-electron chi connectivity index (χ4n) is 3.52. The summed E-state index contributed by atoms with van der Waals surface area (Å²) in [6.07, 6.45) is 1.14. The van der Waals surface area contributed by atoms with E-state index in [9.17, 15) is 23.3 Å². The summed E-state index contributed by atoms with van der Waals surface area (Å²) in [6.45, 7) is 2.02. The van der Waals surface area contributed by atoms with Crippen molar-refractivity contribution >= 4 is 38.1 Å². The van der Waals surface area contributed by atoms with Gasteiger partial charge in [0.25, 0.3) is 5.69 Å². The Balaban J connectivity index is 1.67. The van der Waals surface area contributed by atoms with E-state index in [-0.39, 0.29) is 30.9 Å². The van der Waals surface area contributed by atoms with Gasteiger partial charge in [0.15, 0.2) is 0 Å². The number of carbonyl (C=O) groups is 1. The molecular weight excluding hydrogens is 446 g/mol. The molecule has 0 saturated heterocycles. The van der Waals surface area contributed by atoms with Crippen LogP contribution in [0, 0.1) is 10.1 Å². The lowest BCUT2D eigenvalue weighted by Gasteiger charge is -2.30. The van der Waals surface area contributed by atoms with Gasteiger partial charge in [-0.3, -0.25) is 19.2 Å². The van der Waals surface area contributed by atoms with Crippen molar-refractivity contribution in [1.29, 1.82) is 0 Å². The molecule has 3 rings (SSSR count). The average Bonchev–Trinajstić information content (AvgIpc) is 2.79. The summed E-state index contributed by atoms with van der Waals surface area (Å²) in [6, 6.07) is 17.7. The molecule has 0 radical (unpaired) electrons. The van der Waals surface area contributed by atoms with E-state index in [0.29, 0.717) is 5.75 Å². The molecule has 10 heteroatoms. The SMILES string of the molecule is CCC(C(=O)NCCOc1ccc2ccccc2c1)N(c1cccc([N+](=O)[O-])c1)S(C)(=O)=O. The fraction of sp³-hybridized carbons (Fsp3) is 0.261. The van der Waals surface area contributed by atoms with E-state index in [2.05, 4.69) is 5.32 Å². The number of amides is 1. The van der Waals surface area contributed by atoms with E-state index >= 15 is 0 Å². The quantitative estimate of drug-likeness (QED) is 0.275. The van der Waals surface area contributed by atoms with Crippen LogP contribution in [0.4, 0.5) is 11.4 Å². The maximum absolute atomic E-state index is 12.8. The van der Waals surface area contributed by atoms with Crippen molar-refractivity contribution in [3.8, 4) is 5.75 Å². The number of fused-ring (bicyclic) bond motifs is 1. The van der Waals surface area contributed by atoms with Gasteiger partial charge in [-0.05, 0) is 35.4 Å². The molecule has 3 aromatic rings. The highest BCUT2D eigenvalue weighted by molar-refractivity contribution is 7.92. The van der Waals surface area contributed by atoms with E-state index in [1.807, 2.05) is 42.5 Å². The Bertz CT molecular complexity index is 1260. The molecule has 0 saturated carbocycles. The van der Waals surface area contributed by atoms with Gasteiger partial charge in [-0.1, -0.05) is 43.3 Å². The van der Waals surface area contributed by atoms with Crippen LogP contribution in [0.3, 0.4) is 0 Å². The van der Waals surface area contributed by atoms with Crippen molar-refractivity contribution < 1.29 is 22.9 Å². The molecule has 0 spiro atoms. The average molecular weight is 472 g/mol. The van der Waals surface area contributed by atoms with Crippen molar-refractivity contribution in [2.75, 3.05) is 23.7 Å². The van der Waals surface area contributed by atoms with Crippen LogP contribution in [0.25, 0.3) is 10.8 Å². The largest absolute Gasteiger partial charge is 0.492 e. The lowest BCUT2D eigenvalue weighted by atomic mass is 10.1. The third-order valence-corrected chi connectivity index (χ3v) is 6.20. The summed E-state index contributed by atoms with van der Waals surface area (Å²) in [4.78, 5) is 23.3. The fourth-order valence-corrected chi connectivity index (χ4v) is 4.73. The number of non-ortho nitro benzene ring substituents is 1. The first-order valence-corrected chi connectivity index (χ1v) is 12.2. The van der Waals surface area contributed by atoms with Crippen molar-refractivity contribution in [2.45, 2.75) is 19.4 Å². The van der Waals surface area contributed by atoms with Gasteiger partial charge in [0.05, 0.1) is 23.4 Å². The molecule has 3 aromatic carbocycles. The maximum atomic E-state index is 12.8. The summed E-state index contributed by atoms with van der Waals surface area (Å²) < 4.78 is 31.6. The number of hydrogen-bond acceptors (Lipinski definition) is 6. The minimum Gasteiger partial charge on any atom is -0.492 e. The van der Waals surface area contributed by atoms with Crippen LogP contribution in [0.1, 0.15) is 13.3 Å². The number of benzene rings is 3. The van der Waals surface area contributed by atoms with Crippen LogP contribution < -0.4 is 14.4 Å². The second kappa shape index (κ2) is 10.3. The van der Waals surface area contributed by atoms with Gasteiger partial charge in [0, 0.05) is 12.1 Å². The first-order valence-electron chi connectivity index (χ1n) is 10.3. The summed E-state index contributed by atoms with van der Waals surface area (Å²) in [7, 11) is -3.89. The molecule has 0 fully saturated rings. The first kappa shape index (κ1) is 24.0. The van der Waals surface area contributed by atoms with E-state index in [0.717, 1.165) is 27.4 Å². The van der Waals surface area contributed by atoms with Crippen molar-refractivity contribution in [3.63, 3.8) is 0 Å². The van der Waals surface area contributed by atoms with Gasteiger partial charge in [0.2, 0.25) is 15.9 Å². The summed E-state index contributed by atoms with van der Waals surface area (Å²) in [5.74, 6) is 0.140. The standard InChI is InChI=1S/C23H25N3O6S/c1-3-22(25(33(2,30)31)19-9-6-10-20(16-19)26(28)29)23(27)24-13-14-32-21-12-11-17-7-4-5-8-18(17)15-21/h4-12,15-16,22H,3,13-14H2,1-2H3,(H,24,27). The smallest absolute Gasteiger partial charge is 0.271 e. The van der Waals surface area contributed by atoms with Gasteiger partial charge in [-0.2, -0.15) is 0 Å². The lowest BCUT2D eigenvalue weighted by molar-refractivity contribution is -0.384. The van der Waals surface area contributed by atoms with Crippen LogP contribution in [-0.4, -0.2) is 44.7 Å². The monoisotopic (exact) mass is 471 g/mol. The third kappa shape index (κ3) is 5.98. The van der Waals surface area contributed by atoms with Crippen LogP contribution >= 0.6 is 0 Å². The molecular formula is C23H25N3O6S. The number of sulfonamides is 1. The molecule has 0 aliphatic carbocycles. The molecule has 1 unspecified atom stereocenters. The van der Waals surface area contributed by atoms with Crippen molar-refractivity contribution in [3.05, 3.63) is 76.8 Å². The Hall–Kier alpha value is -3.66. The molecule has 33 heavy (non-hydrogen) atoms. The molecule has 0 bridgehead atoms. The Kier molecular flexibility index (Phi) is 7.49. The zero-order valence-corrected chi connectivity index (χ0v) is 19.1. The Labute approximate surface area is 192 Å². The molecule has 0 heterocycles. The number of hydrogen-bond donors (Lipinski definition) is 1. The number of ether oxygens (including phenoxy) is 1. The van der Waals surface area contributed by atoms with Gasteiger partial charge in [-0.15, -0.1) is 0 Å². The molecule has 9 nitrogen and oxygen atoms in total. The summed E-state index contributed by atoms with van der Waals surface area (Å²) in [5, 5.41) is 15.9. The predicted molar refractivity (Wildman–Crippen MR) is 127 cm³/mol. The molecule has 0 aromatic heterocycles. The first-order chi connectivity index (χ1) is 15.7. The Morgan fingerprint density at radius 2 is 1.82 bits per heavy atom. The van der Waals surface area contributed by atoms with Gasteiger partial charge >= 0.3 is 0 Å². The number of rotatable bonds is 10. The molecule has 0 aliphatic heterocycles. The van der Waals surface area contributed by atoms with Gasteiger partial charge in [-0.25, -0.2) is 8.42 Å². The topological polar surface area (TPSA) is 119 Å². The maximum Gasteiger partial charge on any atom is 0.271 e. The third-order valence-electron chi connectivity index (χ3n) is 5.02. The van der Waals surface area contributed by atoms with Crippen LogP contribution in [-0.2, 0) is 14.8 Å². The van der Waals surface area contributed by atoms with Gasteiger partial charge < -0.3 is 10.1 Å². The molecule has 1 atom stereocenters. The predicted octanol–water partition coefficient (Wildman–Crippen LogP) is 3.49. The number of nitro benzene ring substituents is 1. The van der Waals surface area contributed by atoms with E-state index < -0.39 is 26.9 Å². The molecule has 0 aliphatic rings. The van der Waals surface area contributed by atoms with E-state index in [1.165, 1.54) is 18.2 Å². The minimum absolute atomic E-state index is 0.0566. The lowest BCUT2D eigenvalue weighted by Crippen LogP contribution is -2.50. The zero-order chi connectivity index (χ0) is 24.0. The number of carbonyl (C=O) groups excluding carboxylic acids is 1. The highest BCUT2D eigenvalue weighted by atomic mass is 32.2. The highest BCUT2D eigenvalue weighted by Gasteiger charge is 2.32. The van der Waals surface area contributed by atoms with Crippen molar-refractivity contribution in [2.24, 2.45) is 0 Å². The Morgan fingerprint density at radius 1 is 1.09 bits per heavy atom. The summed E-state index contributed by atoms with van der Waals surface area (Å²) >= 11 is 0. The van der Waals surface area contributed by atoms with Crippen LogP contribution in [0.2, 0.25) is 0 Å². The van der Waals surface area contributed by atoms with E-state index in [1.54, 1.807) is 6.92 Å². The normalized spacial score (nSPS) is 12.2. The Morgan fingerprint density at radius 3 is 2.48 bits per heavy atom. The van der Waals surface area contributed by atoms with Crippen molar-refractivity contribution in [1.82, 2.24) is 5.32 Å². The zero-order valence-electron chi connectivity index (χ0n) is 18.3. The summed E-state index contributed by atoms with van der Waals surface area (Å²) in [5.41, 5.74) is -0.207.